The lowest BCUT2D eigenvalue weighted by Crippen LogP contribution is -2.26. The van der Waals surface area contributed by atoms with E-state index in [9.17, 15) is 13.2 Å². The van der Waals surface area contributed by atoms with Gasteiger partial charge in [-0.25, -0.2) is 8.42 Å². The number of sulfonamides is 1. The molecule has 0 bridgehead atoms. The summed E-state index contributed by atoms with van der Waals surface area (Å²) in [6.07, 6.45) is 3.03. The van der Waals surface area contributed by atoms with E-state index < -0.39 is 10.0 Å². The molecule has 0 unspecified atom stereocenters. The number of carbonyl (C=O) groups is 1. The second-order valence-electron chi connectivity index (χ2n) is 4.27. The molecule has 104 valence electrons. The van der Waals surface area contributed by atoms with Gasteiger partial charge in [-0.2, -0.15) is 0 Å². The standard InChI is InChI=1S/C14H14N2O3S/c1-11(17)12-5-3-7-14(9-12)20(18,19)16(2)13-6-4-8-15-10-13/h3-10H,1-2H3. The third-order valence-corrected chi connectivity index (χ3v) is 4.69. The Morgan fingerprint density at radius 1 is 1.20 bits per heavy atom. The summed E-state index contributed by atoms with van der Waals surface area (Å²) < 4.78 is 26.1. The molecule has 0 N–H and O–H groups in total. The van der Waals surface area contributed by atoms with Gasteiger partial charge >= 0.3 is 0 Å². The van der Waals surface area contributed by atoms with Crippen molar-refractivity contribution in [2.45, 2.75) is 11.8 Å². The van der Waals surface area contributed by atoms with Crippen molar-refractivity contribution < 1.29 is 13.2 Å². The lowest BCUT2D eigenvalue weighted by molar-refractivity contribution is 0.101. The first-order chi connectivity index (χ1) is 9.43. The Morgan fingerprint density at radius 3 is 2.55 bits per heavy atom. The van der Waals surface area contributed by atoms with Crippen LogP contribution >= 0.6 is 0 Å². The zero-order valence-electron chi connectivity index (χ0n) is 11.1. The Bertz CT molecular complexity index is 727. The zero-order valence-corrected chi connectivity index (χ0v) is 12.0. The molecule has 1 aromatic heterocycles. The molecule has 0 spiro atoms. The van der Waals surface area contributed by atoms with Gasteiger partial charge in [0.1, 0.15) is 0 Å². The number of ketones is 1. The fourth-order valence-electron chi connectivity index (χ4n) is 1.71. The van der Waals surface area contributed by atoms with Crippen LogP contribution in [0.4, 0.5) is 5.69 Å². The SMILES string of the molecule is CC(=O)c1cccc(S(=O)(=O)N(C)c2cccnc2)c1. The lowest BCUT2D eigenvalue weighted by Gasteiger charge is -2.19. The summed E-state index contributed by atoms with van der Waals surface area (Å²) >= 11 is 0. The van der Waals surface area contributed by atoms with E-state index in [2.05, 4.69) is 4.98 Å². The van der Waals surface area contributed by atoms with Crippen molar-refractivity contribution in [2.24, 2.45) is 0 Å². The second kappa shape index (κ2) is 5.42. The highest BCUT2D eigenvalue weighted by atomic mass is 32.2. The van der Waals surface area contributed by atoms with Crippen molar-refractivity contribution in [3.05, 3.63) is 54.4 Å². The number of hydrogen-bond acceptors (Lipinski definition) is 4. The summed E-state index contributed by atoms with van der Waals surface area (Å²) in [5.74, 6) is -0.175. The monoisotopic (exact) mass is 290 g/mol. The normalized spacial score (nSPS) is 11.1. The minimum absolute atomic E-state index is 0.0801. The summed E-state index contributed by atoms with van der Waals surface area (Å²) in [4.78, 5) is 15.3. The predicted molar refractivity (Wildman–Crippen MR) is 76.3 cm³/mol. The molecule has 2 rings (SSSR count). The van der Waals surface area contributed by atoms with Crippen LogP contribution in [0.2, 0.25) is 0 Å². The van der Waals surface area contributed by atoms with Crippen LogP contribution in [0, 0.1) is 0 Å². The molecule has 20 heavy (non-hydrogen) atoms. The van der Waals surface area contributed by atoms with Crippen LogP contribution < -0.4 is 4.31 Å². The third-order valence-electron chi connectivity index (χ3n) is 2.91. The van der Waals surface area contributed by atoms with E-state index in [1.165, 1.54) is 32.3 Å². The minimum atomic E-state index is -3.71. The molecule has 6 heteroatoms. The van der Waals surface area contributed by atoms with E-state index in [1.807, 2.05) is 0 Å². The second-order valence-corrected chi connectivity index (χ2v) is 6.24. The van der Waals surface area contributed by atoms with Crippen molar-refractivity contribution in [3.63, 3.8) is 0 Å². The van der Waals surface area contributed by atoms with Crippen LogP contribution in [-0.2, 0) is 10.0 Å². The first-order valence-corrected chi connectivity index (χ1v) is 7.37. The van der Waals surface area contributed by atoms with Crippen LogP contribution in [0.15, 0.2) is 53.7 Å². The highest BCUT2D eigenvalue weighted by Crippen LogP contribution is 2.21. The molecule has 0 fully saturated rings. The van der Waals surface area contributed by atoms with Gasteiger partial charge in [0.25, 0.3) is 10.0 Å². The number of Topliss-reactive ketones (excluding diaryl/α,β-unsaturated/α-hetero) is 1. The number of anilines is 1. The Hall–Kier alpha value is -2.21. The van der Waals surface area contributed by atoms with Crippen LogP contribution in [0.1, 0.15) is 17.3 Å². The van der Waals surface area contributed by atoms with Crippen molar-refractivity contribution in [1.82, 2.24) is 4.98 Å². The molecule has 0 saturated heterocycles. The molecular formula is C14H14N2O3S. The van der Waals surface area contributed by atoms with Gasteiger partial charge < -0.3 is 0 Å². The van der Waals surface area contributed by atoms with Crippen LogP contribution in [0.3, 0.4) is 0 Å². The van der Waals surface area contributed by atoms with Crippen LogP contribution in [0.25, 0.3) is 0 Å². The third kappa shape index (κ3) is 2.70. The number of benzene rings is 1. The maximum atomic E-state index is 12.5. The van der Waals surface area contributed by atoms with E-state index in [0.29, 0.717) is 11.3 Å². The van der Waals surface area contributed by atoms with Gasteiger partial charge in [0.15, 0.2) is 5.78 Å². The highest BCUT2D eigenvalue weighted by molar-refractivity contribution is 7.92. The van der Waals surface area contributed by atoms with E-state index in [1.54, 1.807) is 30.5 Å². The van der Waals surface area contributed by atoms with E-state index in [4.69, 9.17) is 0 Å². The van der Waals surface area contributed by atoms with Gasteiger partial charge in [-0.15, -0.1) is 0 Å². The zero-order chi connectivity index (χ0) is 14.8. The first-order valence-electron chi connectivity index (χ1n) is 5.93. The van der Waals surface area contributed by atoms with E-state index in [0.717, 1.165) is 4.31 Å². The molecule has 0 aliphatic heterocycles. The Morgan fingerprint density at radius 2 is 1.95 bits per heavy atom. The molecule has 0 atom stereocenters. The smallest absolute Gasteiger partial charge is 0.264 e. The molecular weight excluding hydrogens is 276 g/mol. The molecule has 0 saturated carbocycles. The summed E-state index contributed by atoms with van der Waals surface area (Å²) in [7, 11) is -2.26. The predicted octanol–water partition coefficient (Wildman–Crippen LogP) is 2.11. The molecule has 2 aromatic rings. The van der Waals surface area contributed by atoms with E-state index >= 15 is 0 Å². The van der Waals surface area contributed by atoms with Gasteiger partial charge in [-0.1, -0.05) is 12.1 Å². The Kier molecular flexibility index (Phi) is 3.85. The quantitative estimate of drug-likeness (QED) is 0.809. The minimum Gasteiger partial charge on any atom is -0.295 e. The van der Waals surface area contributed by atoms with Crippen LogP contribution in [0.5, 0.6) is 0 Å². The van der Waals surface area contributed by atoms with Gasteiger partial charge in [0, 0.05) is 18.8 Å². The van der Waals surface area contributed by atoms with Gasteiger partial charge in [-0.3, -0.25) is 14.1 Å². The number of hydrogen-bond donors (Lipinski definition) is 0. The summed E-state index contributed by atoms with van der Waals surface area (Å²) in [5, 5.41) is 0. The van der Waals surface area contributed by atoms with Crippen molar-refractivity contribution in [2.75, 3.05) is 11.4 Å². The van der Waals surface area contributed by atoms with Gasteiger partial charge in [0.2, 0.25) is 0 Å². The summed E-state index contributed by atoms with van der Waals surface area (Å²) in [6.45, 7) is 1.40. The average Bonchev–Trinajstić information content (AvgIpc) is 2.47. The van der Waals surface area contributed by atoms with Crippen LogP contribution in [-0.4, -0.2) is 26.2 Å². The fraction of sp³-hybridized carbons (Fsp3) is 0.143. The topological polar surface area (TPSA) is 67.3 Å². The molecule has 5 nitrogen and oxygen atoms in total. The maximum absolute atomic E-state index is 12.5. The molecule has 0 amide bonds. The lowest BCUT2D eigenvalue weighted by atomic mass is 10.2. The Labute approximate surface area is 117 Å². The number of aromatic nitrogens is 1. The largest absolute Gasteiger partial charge is 0.295 e. The fourth-order valence-corrected chi connectivity index (χ4v) is 2.94. The maximum Gasteiger partial charge on any atom is 0.264 e. The molecule has 1 heterocycles. The summed E-state index contributed by atoms with van der Waals surface area (Å²) in [6, 6.07) is 9.30. The van der Waals surface area contributed by atoms with Crippen molar-refractivity contribution in [3.8, 4) is 0 Å². The summed E-state index contributed by atoms with van der Waals surface area (Å²) in [5.41, 5.74) is 0.825. The van der Waals surface area contributed by atoms with Gasteiger partial charge in [0.05, 0.1) is 16.8 Å². The number of nitrogens with zero attached hydrogens (tertiary/aromatic N) is 2. The molecule has 0 aliphatic carbocycles. The molecule has 0 aliphatic rings. The number of carbonyl (C=O) groups excluding carboxylic acids is 1. The van der Waals surface area contributed by atoms with Gasteiger partial charge in [-0.05, 0) is 31.2 Å². The van der Waals surface area contributed by atoms with Crippen molar-refractivity contribution in [1.29, 1.82) is 0 Å². The molecule has 1 aromatic carbocycles. The first kappa shape index (κ1) is 14.2. The average molecular weight is 290 g/mol. The number of pyridine rings is 1. The molecule has 0 radical (unpaired) electrons. The van der Waals surface area contributed by atoms with Crippen molar-refractivity contribution >= 4 is 21.5 Å². The van der Waals surface area contributed by atoms with E-state index in [-0.39, 0.29) is 10.7 Å². The number of rotatable bonds is 4. The highest BCUT2D eigenvalue weighted by Gasteiger charge is 2.21. The Balaban J connectivity index is 2.45.